The van der Waals surface area contributed by atoms with Gasteiger partial charge in [-0.15, -0.1) is 0 Å². The Morgan fingerprint density at radius 3 is 2.43 bits per heavy atom. The van der Waals surface area contributed by atoms with E-state index < -0.39 is 54.2 Å². The van der Waals surface area contributed by atoms with Gasteiger partial charge in [-0.1, -0.05) is 0 Å². The molecule has 18 heteroatoms. The van der Waals surface area contributed by atoms with Crippen LogP contribution in [0.5, 0.6) is 5.75 Å². The number of hydrogen-bond donors (Lipinski definition) is 4. The Kier molecular flexibility index (Phi) is 9.23. The number of pyridine rings is 1. The molecule has 2 saturated heterocycles. The van der Waals surface area contributed by atoms with Crippen LogP contribution in [0.3, 0.4) is 0 Å². The van der Waals surface area contributed by atoms with Gasteiger partial charge in [0.05, 0.1) is 24.3 Å². The Hall–Kier alpha value is -4.41. The van der Waals surface area contributed by atoms with Crippen molar-refractivity contribution in [3.05, 3.63) is 69.5 Å². The maximum absolute atomic E-state index is 15.8. The van der Waals surface area contributed by atoms with E-state index in [2.05, 4.69) is 5.32 Å². The Morgan fingerprint density at radius 1 is 1.10 bits per heavy atom. The van der Waals surface area contributed by atoms with Crippen LogP contribution in [0.25, 0.3) is 10.9 Å². The zero-order valence-corrected chi connectivity index (χ0v) is 27.0. The third kappa shape index (κ3) is 7.31. The first-order chi connectivity index (χ1) is 23.1. The van der Waals surface area contributed by atoms with Crippen molar-refractivity contribution in [1.29, 1.82) is 0 Å². The van der Waals surface area contributed by atoms with Crippen molar-refractivity contribution >= 4 is 42.4 Å². The SMILES string of the molecule is CC(=O)NC[C@@H]1CN(c2ccc(OCN3CCC(OP(=O)(O)O)(c4cc5c(cc4F)c(=O)c(C(=O)O)cn5C4CC4)CC3)c(F)c2)C(=O)O1. The van der Waals surface area contributed by atoms with Gasteiger partial charge in [-0.3, -0.25) is 23.9 Å². The zero-order chi connectivity index (χ0) is 35.2. The lowest BCUT2D eigenvalue weighted by molar-refractivity contribution is -0.119. The summed E-state index contributed by atoms with van der Waals surface area (Å²) in [6, 6.07) is 5.98. The molecule has 3 heterocycles. The van der Waals surface area contributed by atoms with Crippen molar-refractivity contribution in [2.75, 3.05) is 37.8 Å². The number of carboxylic acids is 1. The average molecular weight is 707 g/mol. The predicted molar refractivity (Wildman–Crippen MR) is 167 cm³/mol. The number of benzene rings is 2. The number of aromatic nitrogens is 1. The molecule has 1 aliphatic carbocycles. The second-order valence-electron chi connectivity index (χ2n) is 12.3. The Morgan fingerprint density at radius 2 is 1.82 bits per heavy atom. The van der Waals surface area contributed by atoms with Crippen LogP contribution in [-0.4, -0.2) is 81.3 Å². The topological polar surface area (TPSA) is 197 Å². The minimum Gasteiger partial charge on any atom is -0.477 e. The molecule has 0 unspecified atom stereocenters. The van der Waals surface area contributed by atoms with Crippen LogP contribution in [-0.2, 0) is 24.2 Å². The highest BCUT2D eigenvalue weighted by Gasteiger charge is 2.45. The van der Waals surface area contributed by atoms with Gasteiger partial charge in [-0.25, -0.2) is 22.9 Å². The minimum atomic E-state index is -5.18. The van der Waals surface area contributed by atoms with Gasteiger partial charge in [0.1, 0.15) is 29.8 Å². The number of carboxylic acid groups (broad SMARTS) is 1. The molecule has 3 fully saturated rings. The Bertz CT molecular complexity index is 1940. The molecular formula is C31H33F2N4O11P. The fourth-order valence-electron chi connectivity index (χ4n) is 6.24. The number of rotatable bonds is 11. The number of nitrogens with zero attached hydrogens (tertiary/aromatic N) is 3. The number of ether oxygens (including phenoxy) is 2. The lowest BCUT2D eigenvalue weighted by atomic mass is 9.83. The molecule has 0 bridgehead atoms. The number of aromatic carboxylic acids is 1. The Balaban J connectivity index is 1.18. The molecule has 3 aliphatic rings. The van der Waals surface area contributed by atoms with Gasteiger partial charge in [0.2, 0.25) is 11.3 Å². The van der Waals surface area contributed by atoms with E-state index in [1.807, 2.05) is 0 Å². The van der Waals surface area contributed by atoms with Gasteiger partial charge in [0.15, 0.2) is 11.6 Å². The molecule has 15 nitrogen and oxygen atoms in total. The number of cyclic esters (lactones) is 1. The van der Waals surface area contributed by atoms with Gasteiger partial charge in [-0.2, -0.15) is 0 Å². The largest absolute Gasteiger partial charge is 0.477 e. The predicted octanol–water partition coefficient (Wildman–Crippen LogP) is 3.21. The van der Waals surface area contributed by atoms with Crippen molar-refractivity contribution < 1.29 is 56.6 Å². The van der Waals surface area contributed by atoms with Crippen LogP contribution in [0.15, 0.2) is 41.3 Å². The normalized spacial score (nSPS) is 19.6. The van der Waals surface area contributed by atoms with Gasteiger partial charge < -0.3 is 34.3 Å². The molecule has 3 aromatic rings. The minimum absolute atomic E-state index is 0.0832. The molecule has 262 valence electrons. The molecule has 1 aromatic heterocycles. The first-order valence-electron chi connectivity index (χ1n) is 15.4. The van der Waals surface area contributed by atoms with E-state index in [-0.39, 0.29) is 85.6 Å². The first kappa shape index (κ1) is 34.5. The maximum atomic E-state index is 15.8. The number of likely N-dealkylation sites (tertiary alicyclic amines) is 1. The molecule has 0 spiro atoms. The first-order valence-corrected chi connectivity index (χ1v) is 16.9. The van der Waals surface area contributed by atoms with E-state index in [1.165, 1.54) is 36.2 Å². The summed E-state index contributed by atoms with van der Waals surface area (Å²) in [7, 11) is -5.18. The third-order valence-electron chi connectivity index (χ3n) is 8.82. The number of nitrogens with one attached hydrogen (secondary N) is 1. The number of anilines is 1. The van der Waals surface area contributed by atoms with Crippen molar-refractivity contribution in [3.63, 3.8) is 0 Å². The smallest absolute Gasteiger partial charge is 0.470 e. The molecule has 1 saturated carbocycles. The molecule has 6 rings (SSSR count). The standard InChI is InChI=1S/C31H33F2N4O11P/c1-17(38)34-13-20-14-37(30(42)47-20)19-4-5-27(25(33)10-19)46-16-35-8-6-31(7-9-35,48-49(43,44)45)23-12-26-21(11-24(23)32)28(39)22(29(40)41)15-36(26)18-2-3-18/h4-5,10-12,15,18,20H,2-3,6-9,13-14,16H2,1H3,(H,34,38)(H,40,41)(H2,43,44,45)/t20-/m1/s1. The highest BCUT2D eigenvalue weighted by Crippen LogP contribution is 2.51. The average Bonchev–Trinajstić information content (AvgIpc) is 3.80. The summed E-state index contributed by atoms with van der Waals surface area (Å²) in [5, 5.41) is 11.9. The van der Waals surface area contributed by atoms with Crippen LogP contribution >= 0.6 is 7.82 Å². The summed E-state index contributed by atoms with van der Waals surface area (Å²) in [4.78, 5) is 70.7. The second kappa shape index (κ2) is 13.1. The molecule has 4 N–H and O–H groups in total. The molecule has 0 radical (unpaired) electrons. The van der Waals surface area contributed by atoms with Crippen LogP contribution in [0.2, 0.25) is 0 Å². The fraction of sp³-hybridized carbons (Fsp3) is 0.419. The lowest BCUT2D eigenvalue weighted by Crippen LogP contribution is -2.45. The highest BCUT2D eigenvalue weighted by molar-refractivity contribution is 7.46. The quantitative estimate of drug-likeness (QED) is 0.213. The van der Waals surface area contributed by atoms with E-state index in [0.717, 1.165) is 12.1 Å². The number of phosphoric acid groups is 1. The van der Waals surface area contributed by atoms with Crippen molar-refractivity contribution in [3.8, 4) is 5.75 Å². The van der Waals surface area contributed by atoms with Crippen LogP contribution in [0, 0.1) is 11.6 Å². The second-order valence-corrected chi connectivity index (χ2v) is 13.5. The highest BCUT2D eigenvalue weighted by atomic mass is 31.2. The monoisotopic (exact) mass is 706 g/mol. The van der Waals surface area contributed by atoms with E-state index in [1.54, 1.807) is 9.47 Å². The van der Waals surface area contributed by atoms with Crippen LogP contribution in [0.1, 0.15) is 54.6 Å². The summed E-state index contributed by atoms with van der Waals surface area (Å²) in [5.74, 6) is -3.62. The third-order valence-corrected chi connectivity index (χ3v) is 9.41. The van der Waals surface area contributed by atoms with Gasteiger partial charge in [0, 0.05) is 49.3 Å². The van der Waals surface area contributed by atoms with E-state index >= 15 is 8.78 Å². The number of piperidine rings is 1. The number of phosphoric ester groups is 1. The zero-order valence-electron chi connectivity index (χ0n) is 26.1. The number of amides is 2. The summed E-state index contributed by atoms with van der Waals surface area (Å²) in [6.07, 6.45) is 1.07. The van der Waals surface area contributed by atoms with E-state index in [4.69, 9.17) is 14.0 Å². The summed E-state index contributed by atoms with van der Waals surface area (Å²) in [6.45, 7) is 1.57. The molecule has 2 aromatic carbocycles. The van der Waals surface area contributed by atoms with Crippen molar-refractivity contribution in [2.24, 2.45) is 0 Å². The summed E-state index contributed by atoms with van der Waals surface area (Å²) in [5.41, 5.74) is -2.97. The molecule has 2 aliphatic heterocycles. The number of hydrogen-bond acceptors (Lipinski definition) is 9. The molecule has 1 atom stereocenters. The number of carbonyl (C=O) groups is 3. The molecule has 2 amide bonds. The number of halogens is 2. The van der Waals surface area contributed by atoms with Gasteiger partial charge >= 0.3 is 19.9 Å². The van der Waals surface area contributed by atoms with E-state index in [0.29, 0.717) is 12.8 Å². The van der Waals surface area contributed by atoms with Gasteiger partial charge in [0.25, 0.3) is 0 Å². The van der Waals surface area contributed by atoms with Crippen molar-refractivity contribution in [2.45, 2.75) is 50.4 Å². The van der Waals surface area contributed by atoms with E-state index in [9.17, 15) is 38.6 Å². The van der Waals surface area contributed by atoms with Gasteiger partial charge in [-0.05, 0) is 49.9 Å². The Labute approximate surface area is 277 Å². The van der Waals surface area contributed by atoms with Crippen molar-refractivity contribution in [1.82, 2.24) is 14.8 Å². The fourth-order valence-corrected chi connectivity index (χ4v) is 6.97. The summed E-state index contributed by atoms with van der Waals surface area (Å²) >= 11 is 0. The molecule has 49 heavy (non-hydrogen) atoms. The van der Waals surface area contributed by atoms with Crippen LogP contribution < -0.4 is 20.4 Å². The van der Waals surface area contributed by atoms with Crippen LogP contribution in [0.4, 0.5) is 19.3 Å². The number of carbonyl (C=O) groups excluding carboxylic acids is 2. The number of fused-ring (bicyclic) bond motifs is 1. The lowest BCUT2D eigenvalue weighted by Gasteiger charge is -2.41. The maximum Gasteiger partial charge on any atom is 0.470 e. The summed E-state index contributed by atoms with van der Waals surface area (Å²) < 4.78 is 60.7. The molecular weight excluding hydrogens is 673 g/mol.